The van der Waals surface area contributed by atoms with Gasteiger partial charge in [-0.15, -0.1) is 0 Å². The molecule has 0 bridgehead atoms. The SMILES string of the molecule is COC(=N)N(C(=O)NC(C)(C)C)C(=O)N(C)C. The van der Waals surface area contributed by atoms with Crippen molar-refractivity contribution in [2.45, 2.75) is 26.3 Å². The highest BCUT2D eigenvalue weighted by Crippen LogP contribution is 2.04. The van der Waals surface area contributed by atoms with E-state index in [1.807, 2.05) is 0 Å². The molecule has 0 aliphatic carbocycles. The number of carbonyl (C=O) groups excluding carboxylic acids is 2. The highest BCUT2D eigenvalue weighted by atomic mass is 16.5. The van der Waals surface area contributed by atoms with Crippen molar-refractivity contribution >= 4 is 18.1 Å². The molecule has 0 saturated heterocycles. The number of rotatable bonds is 0. The van der Waals surface area contributed by atoms with Crippen molar-refractivity contribution in [2.24, 2.45) is 0 Å². The van der Waals surface area contributed by atoms with Crippen molar-refractivity contribution < 1.29 is 14.3 Å². The van der Waals surface area contributed by atoms with Crippen LogP contribution in [0, 0.1) is 5.41 Å². The molecule has 0 aliphatic rings. The maximum atomic E-state index is 11.9. The highest BCUT2D eigenvalue weighted by Gasteiger charge is 2.30. The summed E-state index contributed by atoms with van der Waals surface area (Å²) in [5, 5.41) is 10.0. The molecule has 0 radical (unpaired) electrons. The number of hydrogen-bond acceptors (Lipinski definition) is 4. The van der Waals surface area contributed by atoms with Gasteiger partial charge >= 0.3 is 18.1 Å². The van der Waals surface area contributed by atoms with Crippen LogP contribution in [0.4, 0.5) is 9.59 Å². The third-order valence-corrected chi connectivity index (χ3v) is 1.66. The fourth-order valence-corrected chi connectivity index (χ4v) is 0.934. The molecule has 0 aromatic rings. The second kappa shape index (κ2) is 5.51. The van der Waals surface area contributed by atoms with Crippen molar-refractivity contribution in [1.82, 2.24) is 15.1 Å². The Hall–Kier alpha value is -1.79. The predicted octanol–water partition coefficient (Wildman–Crippen LogP) is 1.06. The van der Waals surface area contributed by atoms with Crippen molar-refractivity contribution in [3.63, 3.8) is 0 Å². The summed E-state index contributed by atoms with van der Waals surface area (Å²) in [5.74, 6) is 0. The second-order valence-electron chi connectivity index (χ2n) is 4.70. The van der Waals surface area contributed by atoms with Crippen LogP contribution in [-0.2, 0) is 4.74 Å². The predicted molar refractivity (Wildman–Crippen MR) is 63.9 cm³/mol. The van der Waals surface area contributed by atoms with E-state index >= 15 is 0 Å². The van der Waals surface area contributed by atoms with Crippen molar-refractivity contribution in [2.75, 3.05) is 21.2 Å². The van der Waals surface area contributed by atoms with Crippen LogP contribution in [0.1, 0.15) is 20.8 Å². The number of amides is 4. The third-order valence-electron chi connectivity index (χ3n) is 1.66. The van der Waals surface area contributed by atoms with Gasteiger partial charge in [-0.2, -0.15) is 4.90 Å². The summed E-state index contributed by atoms with van der Waals surface area (Å²) in [4.78, 5) is 25.4. The van der Waals surface area contributed by atoms with E-state index in [4.69, 9.17) is 5.41 Å². The summed E-state index contributed by atoms with van der Waals surface area (Å²) >= 11 is 0. The van der Waals surface area contributed by atoms with Crippen molar-refractivity contribution in [3.05, 3.63) is 0 Å². The zero-order valence-electron chi connectivity index (χ0n) is 11.1. The van der Waals surface area contributed by atoms with Crippen molar-refractivity contribution in [3.8, 4) is 0 Å². The lowest BCUT2D eigenvalue weighted by molar-refractivity contribution is 0.173. The van der Waals surface area contributed by atoms with Gasteiger partial charge in [0.1, 0.15) is 0 Å². The molecule has 0 aromatic carbocycles. The number of hydrogen-bond donors (Lipinski definition) is 2. The second-order valence-corrected chi connectivity index (χ2v) is 4.70. The number of ether oxygens (including phenoxy) is 1. The topological polar surface area (TPSA) is 85.7 Å². The van der Waals surface area contributed by atoms with Gasteiger partial charge < -0.3 is 15.0 Å². The van der Waals surface area contributed by atoms with E-state index in [0.717, 1.165) is 0 Å². The molecule has 7 nitrogen and oxygen atoms in total. The normalized spacial score (nSPS) is 10.5. The Morgan fingerprint density at radius 1 is 1.24 bits per heavy atom. The summed E-state index contributed by atoms with van der Waals surface area (Å²) in [7, 11) is 4.20. The Bertz CT molecular complexity index is 320. The molecule has 0 heterocycles. The molecule has 7 heteroatoms. The maximum Gasteiger partial charge on any atom is 0.336 e. The molecule has 0 rings (SSSR count). The summed E-state index contributed by atoms with van der Waals surface area (Å²) < 4.78 is 4.62. The van der Waals surface area contributed by atoms with E-state index in [1.165, 1.54) is 26.1 Å². The highest BCUT2D eigenvalue weighted by molar-refractivity contribution is 6.08. The molecule has 0 aliphatic heterocycles. The number of imide groups is 1. The molecule has 0 unspecified atom stereocenters. The van der Waals surface area contributed by atoms with Gasteiger partial charge in [-0.25, -0.2) is 9.59 Å². The molecule has 2 N–H and O–H groups in total. The Morgan fingerprint density at radius 2 is 1.71 bits per heavy atom. The van der Waals surface area contributed by atoms with Crippen LogP contribution in [0.15, 0.2) is 0 Å². The number of amidine groups is 1. The fourth-order valence-electron chi connectivity index (χ4n) is 0.934. The number of methoxy groups -OCH3 is 1. The number of nitrogens with one attached hydrogen (secondary N) is 2. The van der Waals surface area contributed by atoms with Gasteiger partial charge in [-0.1, -0.05) is 0 Å². The van der Waals surface area contributed by atoms with E-state index in [9.17, 15) is 9.59 Å². The number of carbonyl (C=O) groups is 2. The number of nitrogens with zero attached hydrogens (tertiary/aromatic N) is 2. The fraction of sp³-hybridized carbons (Fsp3) is 0.700. The van der Waals surface area contributed by atoms with E-state index in [1.54, 1.807) is 20.8 Å². The van der Waals surface area contributed by atoms with Crippen molar-refractivity contribution in [1.29, 1.82) is 5.41 Å². The third kappa shape index (κ3) is 4.71. The molecule has 17 heavy (non-hydrogen) atoms. The minimum atomic E-state index is -0.692. The Labute approximate surface area is 101 Å². The molecular weight excluding hydrogens is 224 g/mol. The van der Waals surface area contributed by atoms with Gasteiger partial charge in [0.05, 0.1) is 7.11 Å². The first kappa shape index (κ1) is 15.2. The van der Waals surface area contributed by atoms with Crippen LogP contribution in [0.2, 0.25) is 0 Å². The summed E-state index contributed by atoms with van der Waals surface area (Å²) in [5.41, 5.74) is -0.504. The first-order valence-corrected chi connectivity index (χ1v) is 5.06. The van der Waals surface area contributed by atoms with Crippen LogP contribution < -0.4 is 5.32 Å². The lowest BCUT2D eigenvalue weighted by atomic mass is 10.1. The van der Waals surface area contributed by atoms with E-state index in [0.29, 0.717) is 4.90 Å². The standard InChI is InChI=1S/C10H20N4O3/c1-10(2,3)12-8(15)14(7(11)17-6)9(16)13(4)5/h11H,1-6H3,(H,12,15). The largest absolute Gasteiger partial charge is 0.468 e. The van der Waals surface area contributed by atoms with E-state index in [-0.39, 0.29) is 0 Å². The monoisotopic (exact) mass is 244 g/mol. The molecule has 0 aromatic heterocycles. The quantitative estimate of drug-likeness (QED) is 0.493. The van der Waals surface area contributed by atoms with Gasteiger partial charge in [0.25, 0.3) is 0 Å². The van der Waals surface area contributed by atoms with Gasteiger partial charge in [-0.3, -0.25) is 5.41 Å². The zero-order valence-corrected chi connectivity index (χ0v) is 11.1. The van der Waals surface area contributed by atoms with Gasteiger partial charge in [0.2, 0.25) is 0 Å². The lowest BCUT2D eigenvalue weighted by Gasteiger charge is -2.27. The van der Waals surface area contributed by atoms with Crippen LogP contribution in [0.5, 0.6) is 0 Å². The van der Waals surface area contributed by atoms with Crippen LogP contribution in [0.25, 0.3) is 0 Å². The van der Waals surface area contributed by atoms with Crippen LogP contribution >= 0.6 is 0 Å². The summed E-state index contributed by atoms with van der Waals surface area (Å²) in [6.45, 7) is 5.33. The average Bonchev–Trinajstić information content (AvgIpc) is 2.14. The molecular formula is C10H20N4O3. The van der Waals surface area contributed by atoms with Crippen LogP contribution in [-0.4, -0.2) is 54.6 Å². The summed E-state index contributed by atoms with van der Waals surface area (Å²) in [6.07, 6.45) is 0. The summed E-state index contributed by atoms with van der Waals surface area (Å²) in [6, 6.07) is -1.85. The molecule has 0 saturated carbocycles. The average molecular weight is 244 g/mol. The zero-order chi connectivity index (χ0) is 13.8. The van der Waals surface area contributed by atoms with E-state index in [2.05, 4.69) is 10.1 Å². The smallest absolute Gasteiger partial charge is 0.336 e. The van der Waals surface area contributed by atoms with Crippen LogP contribution in [0.3, 0.4) is 0 Å². The van der Waals surface area contributed by atoms with Gasteiger partial charge in [0, 0.05) is 19.6 Å². The van der Waals surface area contributed by atoms with Gasteiger partial charge in [0.15, 0.2) is 0 Å². The van der Waals surface area contributed by atoms with E-state index < -0.39 is 23.6 Å². The molecule has 0 fully saturated rings. The lowest BCUT2D eigenvalue weighted by Crippen LogP contribution is -2.55. The molecule has 98 valence electrons. The first-order chi connectivity index (χ1) is 7.60. The Morgan fingerprint density at radius 3 is 2.00 bits per heavy atom. The maximum absolute atomic E-state index is 11.9. The minimum Gasteiger partial charge on any atom is -0.468 e. The minimum absolute atomic E-state index is 0.504. The molecule has 4 amide bonds. The Balaban J connectivity index is 5.01. The van der Waals surface area contributed by atoms with Gasteiger partial charge in [-0.05, 0) is 20.8 Å². The Kier molecular flexibility index (Phi) is 4.93. The number of urea groups is 2. The first-order valence-electron chi connectivity index (χ1n) is 5.06. The molecule has 0 spiro atoms. The molecule has 0 atom stereocenters.